The van der Waals surface area contributed by atoms with Crippen LogP contribution in [0.4, 0.5) is 5.69 Å². The summed E-state index contributed by atoms with van der Waals surface area (Å²) < 4.78 is 0. The fourth-order valence-corrected chi connectivity index (χ4v) is 2.07. The number of rotatable bonds is 2. The zero-order valence-corrected chi connectivity index (χ0v) is 8.79. The second-order valence-electron chi connectivity index (χ2n) is 3.88. The number of para-hydroxylation sites is 1. The third-order valence-electron chi connectivity index (χ3n) is 2.94. The lowest BCUT2D eigenvalue weighted by atomic mass is 9.94. The molecule has 0 spiro atoms. The molecule has 0 saturated carbocycles. The summed E-state index contributed by atoms with van der Waals surface area (Å²) in [7, 11) is 0. The van der Waals surface area contributed by atoms with E-state index >= 15 is 0 Å². The van der Waals surface area contributed by atoms with Crippen LogP contribution in [0.3, 0.4) is 0 Å². The van der Waals surface area contributed by atoms with Crippen molar-refractivity contribution in [2.75, 3.05) is 5.32 Å². The molecule has 1 aliphatic heterocycles. The lowest BCUT2D eigenvalue weighted by molar-refractivity contribution is -0.138. The Morgan fingerprint density at radius 1 is 1.60 bits per heavy atom. The second kappa shape index (κ2) is 3.93. The Labute approximate surface area is 89.1 Å². The van der Waals surface area contributed by atoms with Crippen LogP contribution >= 0.6 is 0 Å². The molecular weight excluding hydrogens is 190 g/mol. The smallest absolute Gasteiger partial charge is 0.326 e. The van der Waals surface area contributed by atoms with Crippen molar-refractivity contribution in [3.63, 3.8) is 0 Å². The molecule has 0 bridgehead atoms. The molecule has 1 unspecified atom stereocenters. The summed E-state index contributed by atoms with van der Waals surface area (Å²) in [5.41, 5.74) is 3.49. The zero-order chi connectivity index (χ0) is 10.8. The van der Waals surface area contributed by atoms with Gasteiger partial charge in [0.05, 0.1) is 0 Å². The fraction of sp³-hybridized carbons (Fsp3) is 0.417. The molecule has 0 aliphatic carbocycles. The van der Waals surface area contributed by atoms with Gasteiger partial charge in [0.25, 0.3) is 0 Å². The summed E-state index contributed by atoms with van der Waals surface area (Å²) in [6, 6.07) is 5.74. The topological polar surface area (TPSA) is 49.3 Å². The SMILES string of the molecule is CCc1cccc2c1NC(C(=O)O)CC2. The molecule has 1 heterocycles. The number of aryl methyl sites for hydroxylation is 2. The molecule has 3 nitrogen and oxygen atoms in total. The van der Waals surface area contributed by atoms with Gasteiger partial charge in [-0.1, -0.05) is 25.1 Å². The molecule has 2 rings (SSSR count). The number of hydrogen-bond donors (Lipinski definition) is 2. The van der Waals surface area contributed by atoms with E-state index in [0.29, 0.717) is 6.42 Å². The first-order valence-corrected chi connectivity index (χ1v) is 5.32. The third kappa shape index (κ3) is 1.82. The zero-order valence-electron chi connectivity index (χ0n) is 8.79. The summed E-state index contributed by atoms with van der Waals surface area (Å²) in [5, 5.41) is 12.1. The highest BCUT2D eigenvalue weighted by Gasteiger charge is 2.24. The average Bonchev–Trinajstić information content (AvgIpc) is 2.27. The van der Waals surface area contributed by atoms with Crippen LogP contribution in [0, 0.1) is 0 Å². The molecule has 15 heavy (non-hydrogen) atoms. The van der Waals surface area contributed by atoms with Crippen molar-refractivity contribution in [2.24, 2.45) is 0 Å². The van der Waals surface area contributed by atoms with Crippen LogP contribution in [0.2, 0.25) is 0 Å². The standard InChI is InChI=1S/C12H15NO2/c1-2-8-4-3-5-9-6-7-10(12(14)15)13-11(8)9/h3-5,10,13H,2,6-7H2,1H3,(H,14,15). The highest BCUT2D eigenvalue weighted by atomic mass is 16.4. The van der Waals surface area contributed by atoms with E-state index in [1.807, 2.05) is 6.07 Å². The number of carbonyl (C=O) groups is 1. The number of benzene rings is 1. The molecule has 1 aromatic carbocycles. The van der Waals surface area contributed by atoms with Gasteiger partial charge in [0.1, 0.15) is 6.04 Å². The third-order valence-corrected chi connectivity index (χ3v) is 2.94. The quantitative estimate of drug-likeness (QED) is 0.777. The largest absolute Gasteiger partial charge is 0.480 e. The average molecular weight is 205 g/mol. The van der Waals surface area contributed by atoms with Crippen LogP contribution in [0.15, 0.2) is 18.2 Å². The molecule has 0 saturated heterocycles. The van der Waals surface area contributed by atoms with Gasteiger partial charge in [-0.05, 0) is 30.4 Å². The van der Waals surface area contributed by atoms with Gasteiger partial charge in [-0.25, -0.2) is 4.79 Å². The molecule has 1 atom stereocenters. The number of hydrogen-bond acceptors (Lipinski definition) is 2. The Hall–Kier alpha value is -1.51. The molecular formula is C12H15NO2. The van der Waals surface area contributed by atoms with Gasteiger partial charge in [-0.3, -0.25) is 0 Å². The van der Waals surface area contributed by atoms with Crippen molar-refractivity contribution in [1.29, 1.82) is 0 Å². The van der Waals surface area contributed by atoms with E-state index < -0.39 is 12.0 Å². The van der Waals surface area contributed by atoms with Crippen LogP contribution in [0.5, 0.6) is 0 Å². The highest BCUT2D eigenvalue weighted by molar-refractivity contribution is 5.79. The minimum absolute atomic E-state index is 0.426. The maximum absolute atomic E-state index is 10.9. The highest BCUT2D eigenvalue weighted by Crippen LogP contribution is 2.28. The molecule has 3 heteroatoms. The van der Waals surface area contributed by atoms with Crippen LogP contribution in [0.25, 0.3) is 0 Å². The number of fused-ring (bicyclic) bond motifs is 1. The Morgan fingerprint density at radius 2 is 2.40 bits per heavy atom. The molecule has 0 aromatic heterocycles. The summed E-state index contributed by atoms with van der Waals surface area (Å²) in [6.07, 6.45) is 2.46. The van der Waals surface area contributed by atoms with E-state index in [-0.39, 0.29) is 0 Å². The predicted octanol–water partition coefficient (Wildman–Crippen LogP) is 2.06. The second-order valence-corrected chi connectivity index (χ2v) is 3.88. The van der Waals surface area contributed by atoms with E-state index in [4.69, 9.17) is 5.11 Å². The fourth-order valence-electron chi connectivity index (χ4n) is 2.07. The normalized spacial score (nSPS) is 19.1. The van der Waals surface area contributed by atoms with Crippen molar-refractivity contribution in [1.82, 2.24) is 0 Å². The van der Waals surface area contributed by atoms with Gasteiger partial charge in [-0.15, -0.1) is 0 Å². The van der Waals surface area contributed by atoms with Gasteiger partial charge in [-0.2, -0.15) is 0 Å². The van der Waals surface area contributed by atoms with Crippen LogP contribution in [-0.4, -0.2) is 17.1 Å². The Bertz CT molecular complexity index is 373. The van der Waals surface area contributed by atoms with E-state index in [2.05, 4.69) is 24.4 Å². The molecule has 80 valence electrons. The molecule has 2 N–H and O–H groups in total. The summed E-state index contributed by atoms with van der Waals surface area (Å²) in [5.74, 6) is -0.758. The van der Waals surface area contributed by atoms with E-state index in [1.165, 1.54) is 11.1 Å². The van der Waals surface area contributed by atoms with E-state index in [1.54, 1.807) is 0 Å². The molecule has 0 radical (unpaired) electrons. The summed E-state index contributed by atoms with van der Waals surface area (Å²) in [4.78, 5) is 10.9. The lowest BCUT2D eigenvalue weighted by Gasteiger charge is -2.26. The van der Waals surface area contributed by atoms with E-state index in [9.17, 15) is 4.79 Å². The van der Waals surface area contributed by atoms with Crippen molar-refractivity contribution in [3.05, 3.63) is 29.3 Å². The molecule has 1 aliphatic rings. The lowest BCUT2D eigenvalue weighted by Crippen LogP contribution is -2.33. The van der Waals surface area contributed by atoms with Gasteiger partial charge < -0.3 is 10.4 Å². The summed E-state index contributed by atoms with van der Waals surface area (Å²) in [6.45, 7) is 2.08. The number of carboxylic acid groups (broad SMARTS) is 1. The minimum atomic E-state index is -0.758. The number of anilines is 1. The maximum Gasteiger partial charge on any atom is 0.326 e. The minimum Gasteiger partial charge on any atom is -0.480 e. The van der Waals surface area contributed by atoms with Crippen LogP contribution in [-0.2, 0) is 17.6 Å². The molecule has 0 fully saturated rings. The van der Waals surface area contributed by atoms with Crippen molar-refractivity contribution in [2.45, 2.75) is 32.2 Å². The van der Waals surface area contributed by atoms with Crippen molar-refractivity contribution >= 4 is 11.7 Å². The first kappa shape index (κ1) is 10.0. The van der Waals surface area contributed by atoms with Crippen LogP contribution in [0.1, 0.15) is 24.5 Å². The Kier molecular flexibility index (Phi) is 2.62. The van der Waals surface area contributed by atoms with E-state index in [0.717, 1.165) is 18.5 Å². The maximum atomic E-state index is 10.9. The first-order chi connectivity index (χ1) is 7.22. The van der Waals surface area contributed by atoms with Crippen LogP contribution < -0.4 is 5.32 Å². The molecule has 0 amide bonds. The first-order valence-electron chi connectivity index (χ1n) is 5.32. The number of aliphatic carboxylic acids is 1. The number of nitrogens with one attached hydrogen (secondary N) is 1. The van der Waals surface area contributed by atoms with Crippen molar-refractivity contribution < 1.29 is 9.90 Å². The Morgan fingerprint density at radius 3 is 3.07 bits per heavy atom. The molecule has 1 aromatic rings. The van der Waals surface area contributed by atoms with Gasteiger partial charge >= 0.3 is 5.97 Å². The van der Waals surface area contributed by atoms with Gasteiger partial charge in [0.2, 0.25) is 0 Å². The van der Waals surface area contributed by atoms with Crippen molar-refractivity contribution in [3.8, 4) is 0 Å². The predicted molar refractivity (Wildman–Crippen MR) is 59.2 cm³/mol. The number of carboxylic acids is 1. The monoisotopic (exact) mass is 205 g/mol. The Balaban J connectivity index is 2.34. The van der Waals surface area contributed by atoms with Gasteiger partial charge in [0, 0.05) is 5.69 Å². The van der Waals surface area contributed by atoms with Gasteiger partial charge in [0.15, 0.2) is 0 Å². The summed E-state index contributed by atoms with van der Waals surface area (Å²) >= 11 is 0.